The molecule has 28 heteroatoms. The predicted molar refractivity (Wildman–Crippen MR) is 362 cm³/mol. The first kappa shape index (κ1) is 67.4. The van der Waals surface area contributed by atoms with Crippen molar-refractivity contribution in [3.8, 4) is 17.2 Å². The Hall–Kier alpha value is -7.99. The lowest BCUT2D eigenvalue weighted by Crippen LogP contribution is -2.45. The molecule has 3 aliphatic heterocycles. The second-order valence-corrected chi connectivity index (χ2v) is 26.4. The summed E-state index contributed by atoms with van der Waals surface area (Å²) in [5.74, 6) is -1.92. The Balaban J connectivity index is 0.897. The van der Waals surface area contributed by atoms with Crippen LogP contribution in [-0.4, -0.2) is 158 Å². The monoisotopic (exact) mass is 1350 g/mol. The normalized spacial score (nSPS) is 13.8. The Kier molecular flexibility index (Phi) is 23.6. The van der Waals surface area contributed by atoms with Crippen molar-refractivity contribution in [2.75, 3.05) is 76.2 Å². The third-order valence-electron chi connectivity index (χ3n) is 14.9. The molecule has 0 bridgehead atoms. The van der Waals surface area contributed by atoms with Crippen LogP contribution in [0.15, 0.2) is 124 Å². The minimum absolute atomic E-state index is 0.0220. The first-order chi connectivity index (χ1) is 43.9. The lowest BCUT2D eigenvalue weighted by atomic mass is 10.1. The van der Waals surface area contributed by atoms with Crippen molar-refractivity contribution in [1.82, 2.24) is 49.3 Å². The third kappa shape index (κ3) is 17.1. The number of thioether (sulfide) groups is 3. The molecule has 0 atom stereocenters. The zero-order chi connectivity index (χ0) is 64.7. The van der Waals surface area contributed by atoms with Gasteiger partial charge in [0.25, 0.3) is 34.4 Å². The highest BCUT2D eigenvalue weighted by atomic mass is 32.2. The van der Waals surface area contributed by atoms with Crippen LogP contribution in [0.5, 0.6) is 17.2 Å². The van der Waals surface area contributed by atoms with Gasteiger partial charge in [0.05, 0.1) is 16.7 Å². The second-order valence-electron chi connectivity index (χ2n) is 21.2. The van der Waals surface area contributed by atoms with E-state index in [2.05, 4.69) is 16.0 Å². The fourth-order valence-corrected chi connectivity index (χ4v) is 13.7. The van der Waals surface area contributed by atoms with Crippen molar-refractivity contribution in [2.24, 2.45) is 0 Å². The number of rotatable bonds is 27. The van der Waals surface area contributed by atoms with E-state index >= 15 is 0 Å². The van der Waals surface area contributed by atoms with Crippen LogP contribution in [-0.2, 0) is 53.8 Å². The minimum Gasteiger partial charge on any atom is -0.482 e. The molecule has 6 aromatic rings. The van der Waals surface area contributed by atoms with Gasteiger partial charge >= 0.3 is 0 Å². The van der Waals surface area contributed by atoms with E-state index in [1.54, 1.807) is 20.8 Å². The molecular formula is C63H66N10O12S6. The van der Waals surface area contributed by atoms with Gasteiger partial charge in [-0.3, -0.25) is 62.8 Å². The van der Waals surface area contributed by atoms with Crippen molar-refractivity contribution in [3.63, 3.8) is 0 Å². The average Bonchev–Trinajstić information content (AvgIpc) is 1.95. The summed E-state index contributed by atoms with van der Waals surface area (Å²) in [6.07, 6.45) is 0. The Morgan fingerprint density at radius 1 is 0.440 bits per heavy atom. The number of hydrogen-bond donors (Lipinski definition) is 3. The molecule has 3 fully saturated rings. The number of carbonyl (C=O) groups is 6. The number of ether oxygens (including phenoxy) is 3. The van der Waals surface area contributed by atoms with E-state index in [9.17, 15) is 43.2 Å². The fourth-order valence-electron chi connectivity index (χ4n) is 10.1. The van der Waals surface area contributed by atoms with Gasteiger partial charge in [0.2, 0.25) is 17.7 Å². The van der Waals surface area contributed by atoms with Gasteiger partial charge in [0.15, 0.2) is 17.2 Å². The van der Waals surface area contributed by atoms with Crippen LogP contribution in [0.4, 0.5) is 0 Å². The summed E-state index contributed by atoms with van der Waals surface area (Å²) >= 11 is 20.4. The Labute approximate surface area is 553 Å². The molecule has 6 amide bonds. The molecule has 476 valence electrons. The highest BCUT2D eigenvalue weighted by Gasteiger charge is 2.33. The summed E-state index contributed by atoms with van der Waals surface area (Å²) in [7, 11) is 0. The van der Waals surface area contributed by atoms with Crippen LogP contribution < -0.4 is 46.8 Å². The van der Waals surface area contributed by atoms with Crippen LogP contribution in [0.1, 0.15) is 64.8 Å². The predicted octanol–water partition coefficient (Wildman–Crippen LogP) is 5.31. The lowest BCUT2D eigenvalue weighted by Gasteiger charge is -2.24. The molecule has 0 saturated carbocycles. The van der Waals surface area contributed by atoms with Crippen LogP contribution in [0, 0.1) is 20.8 Å². The summed E-state index contributed by atoms with van der Waals surface area (Å²) in [6.45, 7) is 5.17. The second kappa shape index (κ2) is 31.8. The van der Waals surface area contributed by atoms with Gasteiger partial charge in [-0.25, -0.2) is 0 Å². The number of aromatic nitrogens is 3. The largest absolute Gasteiger partial charge is 0.482 e. The molecule has 3 saturated heterocycles. The first-order valence-corrected chi connectivity index (χ1v) is 33.3. The number of carbonyl (C=O) groups excluding carboxylic acids is 6. The number of pyridine rings is 3. The number of aryl methyl sites for hydroxylation is 3. The van der Waals surface area contributed by atoms with Gasteiger partial charge in [0.1, 0.15) is 52.4 Å². The standard InChI is InChI=1S/C63H66N10O12S6/c1-40-31-46(55(77)68-25-28-89-61(68)86)52(83-37-43-13-7-4-8-14-43)58(80)71(40)34-49(74)64-19-22-67(23-20-65-50(75)35-72-41(2)32-47(56(78)69-26-29-90-62(69)87)53(59(72)81)84-38-44-15-9-5-10-16-44)24-21-66-51(76)36-73-42(3)33-48(57(79)70-27-30-91-63(70)88)54(60(73)82)85-39-45-17-11-6-12-18-45/h4-18,31-33H,19-30,34-39H2,1-3H3,(H,64,74)(H,65,75)(H,66,76). The van der Waals surface area contributed by atoms with Crippen LogP contribution in [0.2, 0.25) is 0 Å². The summed E-state index contributed by atoms with van der Waals surface area (Å²) in [6, 6.07) is 31.9. The van der Waals surface area contributed by atoms with E-state index < -0.39 is 71.8 Å². The molecule has 3 N–H and O–H groups in total. The van der Waals surface area contributed by atoms with Crippen LogP contribution in [0.25, 0.3) is 0 Å². The molecular weight excluding hydrogens is 1280 g/mol. The summed E-state index contributed by atoms with van der Waals surface area (Å²) < 4.78 is 23.1. The van der Waals surface area contributed by atoms with Crippen molar-refractivity contribution >= 4 is 120 Å². The molecule has 9 rings (SSSR count). The molecule has 3 aromatic heterocycles. The highest BCUT2D eigenvalue weighted by molar-refractivity contribution is 8.24. The van der Waals surface area contributed by atoms with Crippen LogP contribution in [0.3, 0.4) is 0 Å². The van der Waals surface area contributed by atoms with E-state index in [1.165, 1.54) is 81.9 Å². The maximum absolute atomic E-state index is 14.3. The van der Waals surface area contributed by atoms with Gasteiger partial charge in [-0.15, -0.1) is 0 Å². The quantitative estimate of drug-likeness (QED) is 0.0554. The Morgan fingerprint density at radius 3 is 0.945 bits per heavy atom. The number of thiocarbonyl (C=S) groups is 3. The fraction of sp³-hybridized carbons (Fsp3) is 0.333. The number of nitrogens with zero attached hydrogens (tertiary/aromatic N) is 7. The molecule has 0 aliphatic carbocycles. The van der Waals surface area contributed by atoms with Gasteiger partial charge < -0.3 is 43.9 Å². The average molecular weight is 1350 g/mol. The third-order valence-corrected chi connectivity index (χ3v) is 19.2. The SMILES string of the molecule is Cc1cc(C(=O)N2CCSC2=S)c(OCc2ccccc2)c(=O)n1CC(=O)NCCN(CCNC(=O)Cn1c(C)cc(C(=O)N2CCSC2=S)c(OCc2ccccc2)c1=O)CCNC(=O)Cn1c(C)cc(C(=O)N2CCSC2=S)c(OCc2ccccc2)c1=O. The molecule has 0 unspecified atom stereocenters. The number of amides is 6. The highest BCUT2D eigenvalue weighted by Crippen LogP contribution is 2.29. The Bertz CT molecular complexity index is 3560. The summed E-state index contributed by atoms with van der Waals surface area (Å²) in [5.41, 5.74) is 1.24. The number of nitrogens with one attached hydrogen (secondary N) is 3. The van der Waals surface area contributed by atoms with E-state index in [1.807, 2.05) is 95.9 Å². The molecule has 6 heterocycles. The minimum atomic E-state index is -0.687. The molecule has 3 aliphatic rings. The molecule has 3 aromatic carbocycles. The summed E-state index contributed by atoms with van der Waals surface area (Å²) in [4.78, 5) is 132. The zero-order valence-electron chi connectivity index (χ0n) is 50.1. The molecule has 22 nitrogen and oxygen atoms in total. The first-order valence-electron chi connectivity index (χ1n) is 29.1. The van der Waals surface area contributed by atoms with E-state index in [0.717, 1.165) is 16.7 Å². The van der Waals surface area contributed by atoms with Gasteiger partial charge in [-0.1, -0.05) is 163 Å². The molecule has 91 heavy (non-hydrogen) atoms. The number of hydrogen-bond acceptors (Lipinski definition) is 19. The van der Waals surface area contributed by atoms with Gasteiger partial charge in [0, 0.05) is 93.2 Å². The lowest BCUT2D eigenvalue weighted by molar-refractivity contribution is -0.122. The van der Waals surface area contributed by atoms with E-state index in [0.29, 0.717) is 66.9 Å². The van der Waals surface area contributed by atoms with Crippen molar-refractivity contribution in [2.45, 2.75) is 60.2 Å². The Morgan fingerprint density at radius 2 is 0.703 bits per heavy atom. The van der Waals surface area contributed by atoms with Gasteiger partial charge in [-0.05, 0) is 55.7 Å². The van der Waals surface area contributed by atoms with Crippen molar-refractivity contribution in [1.29, 1.82) is 0 Å². The number of benzene rings is 3. The maximum atomic E-state index is 14.3. The van der Waals surface area contributed by atoms with Gasteiger partial charge in [-0.2, -0.15) is 0 Å². The smallest absolute Gasteiger partial charge is 0.294 e. The topological polar surface area (TPSA) is 245 Å². The van der Waals surface area contributed by atoms with Crippen LogP contribution >= 0.6 is 71.9 Å². The van der Waals surface area contributed by atoms with Crippen molar-refractivity contribution in [3.05, 3.63) is 191 Å². The molecule has 0 spiro atoms. The molecule has 0 radical (unpaired) electrons. The van der Waals surface area contributed by atoms with Crippen molar-refractivity contribution < 1.29 is 43.0 Å². The zero-order valence-corrected chi connectivity index (χ0v) is 55.0. The maximum Gasteiger partial charge on any atom is 0.294 e. The van der Waals surface area contributed by atoms with E-state index in [-0.39, 0.29) is 93.0 Å². The summed E-state index contributed by atoms with van der Waals surface area (Å²) in [5, 5.41) is 8.60. The van der Waals surface area contributed by atoms with E-state index in [4.69, 9.17) is 50.9 Å².